The fourth-order valence-electron chi connectivity index (χ4n) is 2.87. The summed E-state index contributed by atoms with van der Waals surface area (Å²) in [5, 5.41) is 13.3. The first kappa shape index (κ1) is 14.1. The largest absolute Gasteiger partial charge is 0.481 e. The smallest absolute Gasteiger partial charge is 0.303 e. The van der Waals surface area contributed by atoms with Crippen LogP contribution in [0.5, 0.6) is 0 Å². The molecule has 0 unspecified atom stereocenters. The standard InChI is InChI=1S/C14H23N3O2/c1-10-13(11(2)16(3)15-10)9-17-6-4-12(5-7-17)8-14(18)19/h12H,4-9H2,1-3H3,(H,18,19). The van der Waals surface area contributed by atoms with Gasteiger partial charge in [0.25, 0.3) is 0 Å². The number of aliphatic carboxylic acids is 1. The minimum absolute atomic E-state index is 0.318. The summed E-state index contributed by atoms with van der Waals surface area (Å²) in [5.74, 6) is -0.317. The molecule has 0 radical (unpaired) electrons. The Balaban J connectivity index is 1.90. The third-order valence-corrected chi connectivity index (χ3v) is 4.21. The van der Waals surface area contributed by atoms with Crippen LogP contribution in [0, 0.1) is 19.8 Å². The number of carboxylic acid groups (broad SMARTS) is 1. The van der Waals surface area contributed by atoms with Gasteiger partial charge in [-0.2, -0.15) is 5.10 Å². The van der Waals surface area contributed by atoms with Gasteiger partial charge in [0.05, 0.1) is 5.69 Å². The molecular formula is C14H23N3O2. The Kier molecular flexibility index (Phi) is 4.24. The lowest BCUT2D eigenvalue weighted by atomic mass is 9.93. The van der Waals surface area contributed by atoms with Crippen LogP contribution in [0.1, 0.15) is 36.2 Å². The molecule has 19 heavy (non-hydrogen) atoms. The minimum Gasteiger partial charge on any atom is -0.481 e. The highest BCUT2D eigenvalue weighted by Gasteiger charge is 2.22. The number of aryl methyl sites for hydroxylation is 2. The quantitative estimate of drug-likeness (QED) is 0.900. The maximum Gasteiger partial charge on any atom is 0.303 e. The van der Waals surface area contributed by atoms with Crippen LogP contribution in [0.4, 0.5) is 0 Å². The number of piperidine rings is 1. The first-order chi connectivity index (χ1) is 8.97. The topological polar surface area (TPSA) is 58.4 Å². The van der Waals surface area contributed by atoms with E-state index in [9.17, 15) is 4.79 Å². The SMILES string of the molecule is Cc1nn(C)c(C)c1CN1CCC(CC(=O)O)CC1. The van der Waals surface area contributed by atoms with Crippen molar-refractivity contribution in [3.63, 3.8) is 0 Å². The molecule has 0 aromatic carbocycles. The second-order valence-corrected chi connectivity index (χ2v) is 5.59. The molecule has 1 saturated heterocycles. The summed E-state index contributed by atoms with van der Waals surface area (Å²) in [7, 11) is 1.98. The van der Waals surface area contributed by atoms with E-state index in [1.165, 1.54) is 11.3 Å². The predicted octanol–water partition coefficient (Wildman–Crippen LogP) is 1.72. The maximum absolute atomic E-state index is 10.7. The van der Waals surface area contributed by atoms with Crippen LogP contribution in [-0.4, -0.2) is 38.8 Å². The van der Waals surface area contributed by atoms with Gasteiger partial charge in [-0.05, 0) is 45.7 Å². The van der Waals surface area contributed by atoms with E-state index in [1.54, 1.807) is 0 Å². The zero-order valence-corrected chi connectivity index (χ0v) is 12.0. The van der Waals surface area contributed by atoms with Crippen molar-refractivity contribution in [3.05, 3.63) is 17.0 Å². The molecule has 1 N–H and O–H groups in total. The first-order valence-electron chi connectivity index (χ1n) is 6.90. The van der Waals surface area contributed by atoms with Gasteiger partial charge in [0, 0.05) is 31.3 Å². The number of carboxylic acids is 1. The molecule has 0 saturated carbocycles. The average Bonchev–Trinajstić information content (AvgIpc) is 2.58. The van der Waals surface area contributed by atoms with Gasteiger partial charge in [-0.15, -0.1) is 0 Å². The maximum atomic E-state index is 10.7. The Morgan fingerprint density at radius 2 is 2.00 bits per heavy atom. The van der Waals surface area contributed by atoms with Crippen molar-refractivity contribution in [1.29, 1.82) is 0 Å². The third-order valence-electron chi connectivity index (χ3n) is 4.21. The Hall–Kier alpha value is -1.36. The molecule has 5 heteroatoms. The van der Waals surface area contributed by atoms with Crippen molar-refractivity contribution in [2.75, 3.05) is 13.1 Å². The fourth-order valence-corrected chi connectivity index (χ4v) is 2.87. The predicted molar refractivity (Wildman–Crippen MR) is 72.9 cm³/mol. The highest BCUT2D eigenvalue weighted by atomic mass is 16.4. The summed E-state index contributed by atoms with van der Waals surface area (Å²) in [6.07, 6.45) is 2.30. The van der Waals surface area contributed by atoms with Gasteiger partial charge in [0.2, 0.25) is 0 Å². The molecule has 0 atom stereocenters. The molecule has 5 nitrogen and oxygen atoms in total. The van der Waals surface area contributed by atoms with E-state index in [4.69, 9.17) is 5.11 Å². The second kappa shape index (κ2) is 5.74. The Morgan fingerprint density at radius 3 is 2.47 bits per heavy atom. The number of likely N-dealkylation sites (tertiary alicyclic amines) is 1. The number of aromatic nitrogens is 2. The average molecular weight is 265 g/mol. The zero-order valence-electron chi connectivity index (χ0n) is 12.0. The van der Waals surface area contributed by atoms with Crippen molar-refractivity contribution < 1.29 is 9.90 Å². The molecule has 2 rings (SSSR count). The normalized spacial score (nSPS) is 17.8. The highest BCUT2D eigenvalue weighted by Crippen LogP contribution is 2.23. The molecule has 0 aliphatic carbocycles. The van der Waals surface area contributed by atoms with Gasteiger partial charge in [0.15, 0.2) is 0 Å². The summed E-state index contributed by atoms with van der Waals surface area (Å²) >= 11 is 0. The van der Waals surface area contributed by atoms with Crippen LogP contribution in [-0.2, 0) is 18.4 Å². The molecular weight excluding hydrogens is 242 g/mol. The lowest BCUT2D eigenvalue weighted by Crippen LogP contribution is -2.34. The van der Waals surface area contributed by atoms with Crippen molar-refractivity contribution in [1.82, 2.24) is 14.7 Å². The monoisotopic (exact) mass is 265 g/mol. The van der Waals surface area contributed by atoms with Gasteiger partial charge in [-0.25, -0.2) is 0 Å². The number of rotatable bonds is 4. The zero-order chi connectivity index (χ0) is 14.0. The molecule has 0 bridgehead atoms. The summed E-state index contributed by atoms with van der Waals surface area (Å²) in [6, 6.07) is 0. The van der Waals surface area contributed by atoms with Crippen LogP contribution in [0.25, 0.3) is 0 Å². The van der Waals surface area contributed by atoms with E-state index in [0.29, 0.717) is 12.3 Å². The minimum atomic E-state index is -0.669. The van der Waals surface area contributed by atoms with Crippen LogP contribution in [0.2, 0.25) is 0 Å². The first-order valence-corrected chi connectivity index (χ1v) is 6.90. The second-order valence-electron chi connectivity index (χ2n) is 5.59. The highest BCUT2D eigenvalue weighted by molar-refractivity contribution is 5.67. The summed E-state index contributed by atoms with van der Waals surface area (Å²) in [6.45, 7) is 7.08. The third kappa shape index (κ3) is 3.35. The van der Waals surface area contributed by atoms with Crippen molar-refractivity contribution >= 4 is 5.97 Å². The van der Waals surface area contributed by atoms with E-state index in [1.807, 2.05) is 11.7 Å². The van der Waals surface area contributed by atoms with E-state index in [-0.39, 0.29) is 0 Å². The van der Waals surface area contributed by atoms with Crippen LogP contribution in [0.15, 0.2) is 0 Å². The van der Waals surface area contributed by atoms with Crippen LogP contribution < -0.4 is 0 Å². The lowest BCUT2D eigenvalue weighted by Gasteiger charge is -2.31. The number of nitrogens with zero attached hydrogens (tertiary/aromatic N) is 3. The Morgan fingerprint density at radius 1 is 1.37 bits per heavy atom. The van der Waals surface area contributed by atoms with Crippen LogP contribution in [0.3, 0.4) is 0 Å². The molecule has 1 aromatic heterocycles. The Labute approximate surface area is 114 Å². The fraction of sp³-hybridized carbons (Fsp3) is 0.714. The molecule has 106 valence electrons. The number of hydrogen-bond donors (Lipinski definition) is 1. The molecule has 1 aliphatic rings. The number of hydrogen-bond acceptors (Lipinski definition) is 3. The molecule has 0 amide bonds. The molecule has 2 heterocycles. The van der Waals surface area contributed by atoms with E-state index in [2.05, 4.69) is 23.8 Å². The van der Waals surface area contributed by atoms with E-state index in [0.717, 1.165) is 38.2 Å². The van der Waals surface area contributed by atoms with Gasteiger partial charge in [0.1, 0.15) is 0 Å². The summed E-state index contributed by atoms with van der Waals surface area (Å²) in [5.41, 5.74) is 3.65. The van der Waals surface area contributed by atoms with Crippen LogP contribution >= 0.6 is 0 Å². The lowest BCUT2D eigenvalue weighted by molar-refractivity contribution is -0.138. The van der Waals surface area contributed by atoms with Crippen molar-refractivity contribution in [2.45, 2.75) is 39.7 Å². The van der Waals surface area contributed by atoms with Gasteiger partial charge < -0.3 is 5.11 Å². The van der Waals surface area contributed by atoms with Gasteiger partial charge >= 0.3 is 5.97 Å². The molecule has 0 spiro atoms. The van der Waals surface area contributed by atoms with Crippen molar-refractivity contribution in [2.24, 2.45) is 13.0 Å². The Bertz CT molecular complexity index is 460. The number of carbonyl (C=O) groups is 1. The van der Waals surface area contributed by atoms with E-state index >= 15 is 0 Å². The summed E-state index contributed by atoms with van der Waals surface area (Å²) < 4.78 is 1.93. The molecule has 1 fully saturated rings. The van der Waals surface area contributed by atoms with Gasteiger partial charge in [-0.1, -0.05) is 0 Å². The van der Waals surface area contributed by atoms with E-state index < -0.39 is 5.97 Å². The summed E-state index contributed by atoms with van der Waals surface area (Å²) in [4.78, 5) is 13.1. The molecule has 1 aromatic rings. The van der Waals surface area contributed by atoms with Crippen molar-refractivity contribution in [3.8, 4) is 0 Å². The molecule has 1 aliphatic heterocycles. The van der Waals surface area contributed by atoms with Gasteiger partial charge in [-0.3, -0.25) is 14.4 Å².